The second kappa shape index (κ2) is 6.94. The van der Waals surface area contributed by atoms with Crippen LogP contribution in [0.2, 0.25) is 0 Å². The molecule has 0 aliphatic heterocycles. The van der Waals surface area contributed by atoms with Crippen molar-refractivity contribution in [3.63, 3.8) is 0 Å². The average molecular weight is 276 g/mol. The third-order valence-corrected chi connectivity index (χ3v) is 3.38. The Labute approximate surface area is 115 Å². The molecule has 100 valence electrons. The molecule has 2 N–H and O–H groups in total. The fourth-order valence-electron chi connectivity index (χ4n) is 1.53. The summed E-state index contributed by atoms with van der Waals surface area (Å²) in [7, 11) is 0. The van der Waals surface area contributed by atoms with E-state index in [2.05, 4.69) is 27.2 Å². The number of hydrogen-bond donors (Lipinski definition) is 2. The molecule has 19 heavy (non-hydrogen) atoms. The predicted octanol–water partition coefficient (Wildman–Crippen LogP) is 2.28. The van der Waals surface area contributed by atoms with Crippen LogP contribution in [0, 0.1) is 0 Å². The molecular weight excluding hydrogens is 260 g/mol. The van der Waals surface area contributed by atoms with Crippen molar-refractivity contribution in [2.75, 3.05) is 11.9 Å². The fourth-order valence-corrected chi connectivity index (χ4v) is 2.36. The van der Waals surface area contributed by atoms with Gasteiger partial charge in [0, 0.05) is 36.3 Å². The molecule has 0 saturated heterocycles. The molecule has 0 atom stereocenters. The van der Waals surface area contributed by atoms with Crippen LogP contribution in [-0.4, -0.2) is 21.5 Å². The number of nitrogens with one attached hydrogen (secondary N) is 2. The summed E-state index contributed by atoms with van der Waals surface area (Å²) < 4.78 is 0. The standard InChI is InChI=1S/C13H16N4OS/c1-2-6-14-12-10(4-3-7-15-12)9-19-13-16-8-5-11(18)17-13/h3-5,7-8H,2,6,9H2,1H3,(H,14,15)(H,16,17,18). The SMILES string of the molecule is CCCNc1ncccc1CSc1nccc(=O)[nH]1. The second-order valence-corrected chi connectivity index (χ2v) is 4.93. The Kier molecular flexibility index (Phi) is 4.97. The maximum Gasteiger partial charge on any atom is 0.251 e. The van der Waals surface area contributed by atoms with E-state index in [1.54, 1.807) is 6.20 Å². The summed E-state index contributed by atoms with van der Waals surface area (Å²) in [6, 6.07) is 5.34. The Morgan fingerprint density at radius 1 is 1.32 bits per heavy atom. The lowest BCUT2D eigenvalue weighted by Gasteiger charge is -2.09. The first-order valence-electron chi connectivity index (χ1n) is 6.15. The van der Waals surface area contributed by atoms with Gasteiger partial charge in [-0.3, -0.25) is 4.79 Å². The lowest BCUT2D eigenvalue weighted by molar-refractivity contribution is 0.935. The lowest BCUT2D eigenvalue weighted by Crippen LogP contribution is -2.06. The van der Waals surface area contributed by atoms with Gasteiger partial charge in [-0.1, -0.05) is 24.8 Å². The first kappa shape index (κ1) is 13.6. The van der Waals surface area contributed by atoms with Crippen LogP contribution in [0.1, 0.15) is 18.9 Å². The van der Waals surface area contributed by atoms with Crippen LogP contribution in [0.3, 0.4) is 0 Å². The van der Waals surface area contributed by atoms with Gasteiger partial charge in [0.25, 0.3) is 5.56 Å². The van der Waals surface area contributed by atoms with E-state index < -0.39 is 0 Å². The first-order valence-corrected chi connectivity index (χ1v) is 7.14. The van der Waals surface area contributed by atoms with E-state index in [9.17, 15) is 4.79 Å². The molecule has 0 amide bonds. The van der Waals surface area contributed by atoms with Crippen molar-refractivity contribution < 1.29 is 0 Å². The molecule has 2 heterocycles. The highest BCUT2D eigenvalue weighted by Gasteiger charge is 2.04. The van der Waals surface area contributed by atoms with Gasteiger partial charge in [-0.05, 0) is 12.5 Å². The molecule has 2 rings (SSSR count). The van der Waals surface area contributed by atoms with Gasteiger partial charge in [0.1, 0.15) is 5.82 Å². The smallest absolute Gasteiger partial charge is 0.251 e. The summed E-state index contributed by atoms with van der Waals surface area (Å²) in [4.78, 5) is 22.3. The molecule has 0 unspecified atom stereocenters. The lowest BCUT2D eigenvalue weighted by atomic mass is 10.3. The molecule has 0 aromatic carbocycles. The number of nitrogens with zero attached hydrogens (tertiary/aromatic N) is 2. The van der Waals surface area contributed by atoms with Crippen molar-refractivity contribution in [2.24, 2.45) is 0 Å². The fraction of sp³-hybridized carbons (Fsp3) is 0.308. The highest BCUT2D eigenvalue weighted by atomic mass is 32.2. The van der Waals surface area contributed by atoms with Gasteiger partial charge in [-0.25, -0.2) is 9.97 Å². The minimum Gasteiger partial charge on any atom is -0.370 e. The number of thioether (sulfide) groups is 1. The molecule has 0 radical (unpaired) electrons. The van der Waals surface area contributed by atoms with E-state index in [1.807, 2.05) is 12.1 Å². The number of aromatic amines is 1. The van der Waals surface area contributed by atoms with Crippen LogP contribution in [0.5, 0.6) is 0 Å². The second-order valence-electron chi connectivity index (χ2n) is 3.97. The van der Waals surface area contributed by atoms with Gasteiger partial charge in [-0.15, -0.1) is 0 Å². The molecule has 5 nitrogen and oxygen atoms in total. The zero-order valence-electron chi connectivity index (χ0n) is 10.7. The molecule has 2 aromatic rings. The van der Waals surface area contributed by atoms with Crippen molar-refractivity contribution in [2.45, 2.75) is 24.3 Å². The number of rotatable bonds is 6. The molecule has 0 saturated carbocycles. The Balaban J connectivity index is 2.04. The molecule has 0 fully saturated rings. The maximum absolute atomic E-state index is 11.2. The van der Waals surface area contributed by atoms with Crippen LogP contribution >= 0.6 is 11.8 Å². The van der Waals surface area contributed by atoms with E-state index in [-0.39, 0.29) is 5.56 Å². The van der Waals surface area contributed by atoms with Gasteiger partial charge in [0.2, 0.25) is 0 Å². The summed E-state index contributed by atoms with van der Waals surface area (Å²) in [5.74, 6) is 1.61. The van der Waals surface area contributed by atoms with Gasteiger partial charge in [0.15, 0.2) is 5.16 Å². The molecule has 2 aromatic heterocycles. The van der Waals surface area contributed by atoms with E-state index in [1.165, 1.54) is 24.0 Å². The Hall–Kier alpha value is -1.82. The Bertz CT molecular complexity index is 585. The van der Waals surface area contributed by atoms with E-state index in [0.29, 0.717) is 10.9 Å². The topological polar surface area (TPSA) is 70.7 Å². The zero-order valence-corrected chi connectivity index (χ0v) is 11.5. The van der Waals surface area contributed by atoms with Crippen LogP contribution in [-0.2, 0) is 5.75 Å². The highest BCUT2D eigenvalue weighted by Crippen LogP contribution is 2.22. The van der Waals surface area contributed by atoms with Crippen molar-refractivity contribution >= 4 is 17.6 Å². The summed E-state index contributed by atoms with van der Waals surface area (Å²) in [5.41, 5.74) is 0.973. The third-order valence-electron chi connectivity index (χ3n) is 2.45. The van der Waals surface area contributed by atoms with E-state index in [4.69, 9.17) is 0 Å². The maximum atomic E-state index is 11.2. The van der Waals surface area contributed by atoms with Crippen LogP contribution in [0.25, 0.3) is 0 Å². The quantitative estimate of drug-likeness (QED) is 0.625. The number of hydrogen-bond acceptors (Lipinski definition) is 5. The van der Waals surface area contributed by atoms with Crippen LogP contribution in [0.4, 0.5) is 5.82 Å². The molecule has 6 heteroatoms. The minimum atomic E-state index is -0.131. The number of H-pyrrole nitrogens is 1. The predicted molar refractivity (Wildman–Crippen MR) is 77.4 cm³/mol. The largest absolute Gasteiger partial charge is 0.370 e. The molecule has 0 aliphatic carbocycles. The van der Waals surface area contributed by atoms with Crippen molar-refractivity contribution in [3.05, 3.63) is 46.5 Å². The Morgan fingerprint density at radius 3 is 3.00 bits per heavy atom. The van der Waals surface area contributed by atoms with E-state index in [0.717, 1.165) is 24.3 Å². The number of aromatic nitrogens is 3. The van der Waals surface area contributed by atoms with Gasteiger partial charge >= 0.3 is 0 Å². The van der Waals surface area contributed by atoms with Gasteiger partial charge in [-0.2, -0.15) is 0 Å². The monoisotopic (exact) mass is 276 g/mol. The molecular formula is C13H16N4OS. The van der Waals surface area contributed by atoms with Crippen LogP contribution in [0.15, 0.2) is 40.5 Å². The molecule has 0 spiro atoms. The van der Waals surface area contributed by atoms with Crippen molar-refractivity contribution in [1.29, 1.82) is 0 Å². The summed E-state index contributed by atoms with van der Waals surface area (Å²) in [5, 5.41) is 3.92. The van der Waals surface area contributed by atoms with E-state index >= 15 is 0 Å². The average Bonchev–Trinajstić information content (AvgIpc) is 2.44. The van der Waals surface area contributed by atoms with Crippen molar-refractivity contribution in [3.8, 4) is 0 Å². The normalized spacial score (nSPS) is 10.4. The third kappa shape index (κ3) is 4.10. The summed E-state index contributed by atoms with van der Waals surface area (Å²) in [6.45, 7) is 3.01. The zero-order chi connectivity index (χ0) is 13.5. The number of anilines is 1. The number of pyridine rings is 1. The van der Waals surface area contributed by atoms with Gasteiger partial charge in [0.05, 0.1) is 0 Å². The highest BCUT2D eigenvalue weighted by molar-refractivity contribution is 7.98. The minimum absolute atomic E-state index is 0.131. The Morgan fingerprint density at radius 2 is 2.21 bits per heavy atom. The summed E-state index contributed by atoms with van der Waals surface area (Å²) in [6.07, 6.45) is 4.34. The van der Waals surface area contributed by atoms with Crippen LogP contribution < -0.4 is 10.9 Å². The summed E-state index contributed by atoms with van der Waals surface area (Å²) >= 11 is 1.49. The van der Waals surface area contributed by atoms with Gasteiger partial charge < -0.3 is 10.3 Å². The first-order chi connectivity index (χ1) is 9.29. The van der Waals surface area contributed by atoms with Crippen molar-refractivity contribution in [1.82, 2.24) is 15.0 Å². The molecule has 0 bridgehead atoms. The molecule has 0 aliphatic rings.